The number of carbonyl (C=O) groups is 1. The lowest BCUT2D eigenvalue weighted by molar-refractivity contribution is -0.0389. The van der Waals surface area contributed by atoms with Gasteiger partial charge in [-0.25, -0.2) is 19.7 Å². The predicted molar refractivity (Wildman–Crippen MR) is 136 cm³/mol. The zero-order valence-corrected chi connectivity index (χ0v) is 21.2. The van der Waals surface area contributed by atoms with Gasteiger partial charge in [0.2, 0.25) is 5.88 Å². The van der Waals surface area contributed by atoms with Gasteiger partial charge in [-0.15, -0.1) is 0 Å². The molecular formula is C28H32N4O4. The Bertz CT molecular complexity index is 1360. The molecule has 3 aromatic heterocycles. The molecule has 0 saturated heterocycles. The normalized spacial score (nSPS) is 22.8. The Kier molecular flexibility index (Phi) is 5.23. The molecule has 0 bridgehead atoms. The molecule has 3 aliphatic rings. The van der Waals surface area contributed by atoms with Crippen LogP contribution in [0.3, 0.4) is 0 Å². The number of esters is 1. The average Bonchev–Trinajstić information content (AvgIpc) is 3.60. The van der Waals surface area contributed by atoms with Gasteiger partial charge in [0.1, 0.15) is 23.3 Å². The summed E-state index contributed by atoms with van der Waals surface area (Å²) in [6, 6.07) is 5.44. The van der Waals surface area contributed by atoms with Gasteiger partial charge in [-0.05, 0) is 76.0 Å². The molecule has 2 saturated carbocycles. The van der Waals surface area contributed by atoms with E-state index in [4.69, 9.17) is 14.5 Å². The second-order valence-corrected chi connectivity index (χ2v) is 11.2. The van der Waals surface area contributed by atoms with Crippen LogP contribution in [0.25, 0.3) is 10.8 Å². The van der Waals surface area contributed by atoms with Gasteiger partial charge < -0.3 is 19.9 Å². The van der Waals surface area contributed by atoms with Gasteiger partial charge in [-0.3, -0.25) is 0 Å². The summed E-state index contributed by atoms with van der Waals surface area (Å²) in [7, 11) is 0. The lowest BCUT2D eigenvalue weighted by atomic mass is 9.70. The summed E-state index contributed by atoms with van der Waals surface area (Å²) in [6.07, 6.45) is 8.92. The minimum atomic E-state index is -0.994. The third-order valence-electron chi connectivity index (χ3n) is 8.19. The van der Waals surface area contributed by atoms with Crippen molar-refractivity contribution >= 4 is 28.4 Å². The molecule has 6 rings (SSSR count). The number of ether oxygens (including phenoxy) is 2. The zero-order chi connectivity index (χ0) is 25.2. The second-order valence-electron chi connectivity index (χ2n) is 11.2. The number of hydrogen-bond acceptors (Lipinski definition) is 8. The molecule has 2 fully saturated rings. The Morgan fingerprint density at radius 3 is 2.58 bits per heavy atom. The molecule has 2 N–H and O–H groups in total. The van der Waals surface area contributed by atoms with Crippen molar-refractivity contribution < 1.29 is 19.4 Å². The van der Waals surface area contributed by atoms with E-state index >= 15 is 0 Å². The highest BCUT2D eigenvalue weighted by molar-refractivity contribution is 5.93. The van der Waals surface area contributed by atoms with Crippen LogP contribution < -0.4 is 10.1 Å². The number of hydrogen-bond donors (Lipinski definition) is 2. The van der Waals surface area contributed by atoms with Gasteiger partial charge in [0.15, 0.2) is 0 Å². The maximum absolute atomic E-state index is 12.5. The van der Waals surface area contributed by atoms with E-state index in [9.17, 15) is 9.90 Å². The molecular weight excluding hydrogens is 456 g/mol. The number of carbonyl (C=O) groups excluding carboxylic acids is 1. The van der Waals surface area contributed by atoms with Crippen LogP contribution in [-0.4, -0.2) is 37.7 Å². The molecule has 1 aliphatic heterocycles. The number of nitrogens with one attached hydrogen (secondary N) is 1. The summed E-state index contributed by atoms with van der Waals surface area (Å²) >= 11 is 0. The third kappa shape index (κ3) is 3.88. The van der Waals surface area contributed by atoms with Gasteiger partial charge in [0.25, 0.3) is 0 Å². The highest BCUT2D eigenvalue weighted by Gasteiger charge is 2.41. The first-order valence-corrected chi connectivity index (χ1v) is 12.8. The van der Waals surface area contributed by atoms with Gasteiger partial charge in [0.05, 0.1) is 22.2 Å². The van der Waals surface area contributed by atoms with E-state index in [0.29, 0.717) is 28.8 Å². The topological polar surface area (TPSA) is 106 Å². The molecule has 8 nitrogen and oxygen atoms in total. The van der Waals surface area contributed by atoms with Crippen molar-refractivity contribution in [1.29, 1.82) is 0 Å². The average molecular weight is 489 g/mol. The van der Waals surface area contributed by atoms with E-state index in [1.54, 1.807) is 24.5 Å². The molecule has 2 aliphatic carbocycles. The Labute approximate surface area is 210 Å². The minimum absolute atomic E-state index is 0.0612. The quantitative estimate of drug-likeness (QED) is 0.446. The maximum atomic E-state index is 12.5. The van der Waals surface area contributed by atoms with E-state index in [1.807, 2.05) is 33.8 Å². The van der Waals surface area contributed by atoms with E-state index in [0.717, 1.165) is 48.4 Å². The summed E-state index contributed by atoms with van der Waals surface area (Å²) in [4.78, 5) is 26.4. The van der Waals surface area contributed by atoms with Crippen LogP contribution in [0.1, 0.15) is 87.3 Å². The molecule has 0 radical (unpaired) electrons. The number of fused-ring (bicyclic) bond motifs is 2. The van der Waals surface area contributed by atoms with Crippen molar-refractivity contribution in [3.63, 3.8) is 0 Å². The monoisotopic (exact) mass is 488 g/mol. The maximum Gasteiger partial charge on any atom is 0.340 e. The van der Waals surface area contributed by atoms with E-state index < -0.39 is 11.2 Å². The van der Waals surface area contributed by atoms with Crippen LogP contribution in [0.5, 0.6) is 5.88 Å². The fourth-order valence-electron chi connectivity index (χ4n) is 5.10. The van der Waals surface area contributed by atoms with Crippen LogP contribution >= 0.6 is 0 Å². The molecule has 2 atom stereocenters. The molecule has 0 spiro atoms. The Balaban J connectivity index is 1.39. The van der Waals surface area contributed by atoms with Crippen molar-refractivity contribution in [3.8, 4) is 5.88 Å². The molecule has 188 valence electrons. The molecule has 3 aromatic rings. The highest BCUT2D eigenvalue weighted by Crippen LogP contribution is 2.45. The zero-order valence-electron chi connectivity index (χ0n) is 21.2. The molecule has 8 heteroatoms. The third-order valence-corrected chi connectivity index (χ3v) is 8.19. The lowest BCUT2D eigenvalue weighted by Gasteiger charge is -2.39. The summed E-state index contributed by atoms with van der Waals surface area (Å²) in [6.45, 7) is 7.70. The first-order valence-electron chi connectivity index (χ1n) is 12.8. The van der Waals surface area contributed by atoms with Crippen molar-refractivity contribution in [2.24, 2.45) is 5.92 Å². The Hall–Kier alpha value is -3.26. The number of cyclic esters (lactones) is 1. The molecule has 4 heterocycles. The van der Waals surface area contributed by atoms with Crippen LogP contribution in [0, 0.1) is 5.92 Å². The lowest BCUT2D eigenvalue weighted by Crippen LogP contribution is -2.39. The van der Waals surface area contributed by atoms with Gasteiger partial charge >= 0.3 is 5.97 Å². The van der Waals surface area contributed by atoms with Crippen molar-refractivity contribution in [2.75, 3.05) is 5.32 Å². The number of pyridine rings is 3. The number of nitrogens with zero attached hydrogens (tertiary/aromatic N) is 3. The van der Waals surface area contributed by atoms with Crippen LogP contribution in [0.15, 0.2) is 30.6 Å². The van der Waals surface area contributed by atoms with Crippen LogP contribution in [0.2, 0.25) is 0 Å². The number of aromatic nitrogens is 3. The summed E-state index contributed by atoms with van der Waals surface area (Å²) in [5, 5.41) is 16.5. The standard InChI is InChI=1S/C28H32N4O4/c1-15-24-18(26(33)36-27(15,2)3)10-11-22(32-24)31-23-12-19-20(13-29-23)25(35-17-8-9-17)30-14-21(19)28(4,34)16-6-5-7-16/h10-17,34H,5-9H2,1-4H3,(H,29,31,32)/t15-,28-/m1/s1. The smallest absolute Gasteiger partial charge is 0.340 e. The first kappa shape index (κ1) is 23.2. The molecule has 0 aromatic carbocycles. The summed E-state index contributed by atoms with van der Waals surface area (Å²) in [5.41, 5.74) is 0.355. The molecule has 0 amide bonds. The predicted octanol–water partition coefficient (Wildman–Crippen LogP) is 5.37. The summed E-state index contributed by atoms with van der Waals surface area (Å²) in [5.74, 6) is 1.53. The van der Waals surface area contributed by atoms with E-state index in [1.165, 1.54) is 0 Å². The fourth-order valence-corrected chi connectivity index (χ4v) is 5.10. The Morgan fingerprint density at radius 2 is 1.89 bits per heavy atom. The Morgan fingerprint density at radius 1 is 1.11 bits per heavy atom. The van der Waals surface area contributed by atoms with Crippen LogP contribution in [0.4, 0.5) is 11.6 Å². The van der Waals surface area contributed by atoms with Gasteiger partial charge in [-0.1, -0.05) is 13.3 Å². The van der Waals surface area contributed by atoms with Gasteiger partial charge in [0, 0.05) is 23.9 Å². The van der Waals surface area contributed by atoms with Crippen molar-refractivity contribution in [2.45, 2.75) is 83.0 Å². The highest BCUT2D eigenvalue weighted by atomic mass is 16.6. The van der Waals surface area contributed by atoms with E-state index in [2.05, 4.69) is 15.3 Å². The van der Waals surface area contributed by atoms with E-state index in [-0.39, 0.29) is 23.9 Å². The fraction of sp³-hybridized carbons (Fsp3) is 0.500. The molecule has 0 unspecified atom stereocenters. The second kappa shape index (κ2) is 8.13. The SMILES string of the molecule is C[C@@H]1c2nc(Nc3cc4c([C@](C)(O)C5CCC5)cnc(OC5CC5)c4cn3)ccc2C(=O)OC1(C)C. The minimum Gasteiger partial charge on any atom is -0.474 e. The van der Waals surface area contributed by atoms with Crippen LogP contribution in [-0.2, 0) is 10.3 Å². The number of rotatable bonds is 6. The van der Waals surface area contributed by atoms with Crippen molar-refractivity contribution in [1.82, 2.24) is 15.0 Å². The summed E-state index contributed by atoms with van der Waals surface area (Å²) < 4.78 is 11.6. The number of anilines is 2. The van der Waals surface area contributed by atoms with Gasteiger partial charge in [-0.2, -0.15) is 0 Å². The molecule has 36 heavy (non-hydrogen) atoms. The number of aliphatic hydroxyl groups is 1. The van der Waals surface area contributed by atoms with Crippen molar-refractivity contribution in [3.05, 3.63) is 47.4 Å². The first-order chi connectivity index (χ1) is 17.1. The largest absolute Gasteiger partial charge is 0.474 e.